The first kappa shape index (κ1) is 17.2. The van der Waals surface area contributed by atoms with Gasteiger partial charge in [-0.05, 0) is 46.9 Å². The number of hydrogen-bond acceptors (Lipinski definition) is 2. The van der Waals surface area contributed by atoms with E-state index >= 15 is 0 Å². The van der Waals surface area contributed by atoms with E-state index in [1.54, 1.807) is 0 Å². The molecule has 0 unspecified atom stereocenters. The van der Waals surface area contributed by atoms with E-state index in [0.29, 0.717) is 18.9 Å². The molecule has 0 aromatic heterocycles. The molecule has 1 atom stereocenters. The Balaban J connectivity index is 1.56. The lowest BCUT2D eigenvalue weighted by Gasteiger charge is -2.11. The number of hydrogen-bond donors (Lipinski definition) is 1. The molecule has 3 rings (SSSR count). The standard InChI is InChI=1S/C23H25NO/c1-3-17(2)18-10-12-22(13-11-18)24-15-14-23(25)21-9-8-19-6-4-5-7-20(19)16-21/h4-13,16-17,24H,3,14-15H2,1-2H3/t17-/m1/s1. The second-order valence-corrected chi connectivity index (χ2v) is 6.59. The maximum atomic E-state index is 12.4. The molecule has 0 saturated carbocycles. The summed E-state index contributed by atoms with van der Waals surface area (Å²) in [4.78, 5) is 12.4. The molecule has 0 amide bonds. The first-order valence-corrected chi connectivity index (χ1v) is 9.03. The predicted octanol–water partition coefficient (Wildman–Crippen LogP) is 6.04. The molecular formula is C23H25NO. The molecule has 0 heterocycles. The molecule has 2 nitrogen and oxygen atoms in total. The Morgan fingerprint density at radius 3 is 2.40 bits per heavy atom. The molecule has 1 N–H and O–H groups in total. The minimum Gasteiger partial charge on any atom is -0.385 e. The highest BCUT2D eigenvalue weighted by Crippen LogP contribution is 2.21. The Hall–Kier alpha value is -2.61. The first-order chi connectivity index (χ1) is 12.2. The third kappa shape index (κ3) is 4.27. The van der Waals surface area contributed by atoms with E-state index in [4.69, 9.17) is 0 Å². The van der Waals surface area contributed by atoms with Crippen LogP contribution in [0.1, 0.15) is 48.5 Å². The molecule has 2 heteroatoms. The second kappa shape index (κ2) is 7.98. The van der Waals surface area contributed by atoms with Crippen LogP contribution in [0.3, 0.4) is 0 Å². The number of ketones is 1. The maximum absolute atomic E-state index is 12.4. The van der Waals surface area contributed by atoms with Crippen LogP contribution in [0.5, 0.6) is 0 Å². The molecule has 128 valence electrons. The third-order valence-electron chi connectivity index (χ3n) is 4.84. The molecule has 0 aliphatic carbocycles. The maximum Gasteiger partial charge on any atom is 0.164 e. The highest BCUT2D eigenvalue weighted by atomic mass is 16.1. The number of nitrogens with one attached hydrogen (secondary N) is 1. The predicted molar refractivity (Wildman–Crippen MR) is 107 cm³/mol. The number of rotatable bonds is 7. The van der Waals surface area contributed by atoms with Gasteiger partial charge in [-0.2, -0.15) is 0 Å². The Labute approximate surface area is 149 Å². The Bertz CT molecular complexity index is 851. The number of fused-ring (bicyclic) bond motifs is 1. The topological polar surface area (TPSA) is 29.1 Å². The first-order valence-electron chi connectivity index (χ1n) is 9.03. The van der Waals surface area contributed by atoms with E-state index in [1.165, 1.54) is 10.9 Å². The van der Waals surface area contributed by atoms with Crippen LogP contribution in [-0.4, -0.2) is 12.3 Å². The SMILES string of the molecule is CC[C@@H](C)c1ccc(NCCC(=O)c2ccc3ccccc3c2)cc1. The monoisotopic (exact) mass is 331 g/mol. The number of Topliss-reactive ketones (excluding diaryl/α,β-unsaturated/α-hetero) is 1. The van der Waals surface area contributed by atoms with Gasteiger partial charge in [-0.15, -0.1) is 0 Å². The molecule has 3 aromatic rings. The van der Waals surface area contributed by atoms with Crippen LogP contribution in [-0.2, 0) is 0 Å². The van der Waals surface area contributed by atoms with E-state index in [9.17, 15) is 4.79 Å². The van der Waals surface area contributed by atoms with Crippen molar-refractivity contribution >= 4 is 22.2 Å². The largest absolute Gasteiger partial charge is 0.385 e. The fourth-order valence-electron chi connectivity index (χ4n) is 2.99. The molecule has 0 spiro atoms. The Kier molecular flexibility index (Phi) is 5.49. The Morgan fingerprint density at radius 1 is 0.960 bits per heavy atom. The summed E-state index contributed by atoms with van der Waals surface area (Å²) in [5.74, 6) is 0.762. The van der Waals surface area contributed by atoms with Crippen molar-refractivity contribution < 1.29 is 4.79 Å². The highest BCUT2D eigenvalue weighted by molar-refractivity contribution is 6.00. The van der Waals surface area contributed by atoms with Crippen LogP contribution in [0.15, 0.2) is 66.7 Å². The van der Waals surface area contributed by atoms with Crippen molar-refractivity contribution in [2.45, 2.75) is 32.6 Å². The van der Waals surface area contributed by atoms with Crippen molar-refractivity contribution in [3.05, 3.63) is 77.9 Å². The van der Waals surface area contributed by atoms with Crippen molar-refractivity contribution in [1.29, 1.82) is 0 Å². The van der Waals surface area contributed by atoms with Gasteiger partial charge in [0.2, 0.25) is 0 Å². The van der Waals surface area contributed by atoms with E-state index < -0.39 is 0 Å². The third-order valence-corrected chi connectivity index (χ3v) is 4.84. The number of benzene rings is 3. The Morgan fingerprint density at radius 2 is 1.68 bits per heavy atom. The van der Waals surface area contributed by atoms with Crippen LogP contribution in [0.4, 0.5) is 5.69 Å². The lowest BCUT2D eigenvalue weighted by molar-refractivity contribution is 0.0986. The molecule has 0 aliphatic rings. The van der Waals surface area contributed by atoms with Crippen LogP contribution in [0, 0.1) is 0 Å². The van der Waals surface area contributed by atoms with E-state index in [1.807, 2.05) is 36.4 Å². The van der Waals surface area contributed by atoms with E-state index in [2.05, 4.69) is 49.5 Å². The van der Waals surface area contributed by atoms with Gasteiger partial charge < -0.3 is 5.32 Å². The summed E-state index contributed by atoms with van der Waals surface area (Å²) in [6, 6.07) is 22.6. The fourth-order valence-corrected chi connectivity index (χ4v) is 2.99. The average Bonchev–Trinajstić information content (AvgIpc) is 2.67. The van der Waals surface area contributed by atoms with E-state index in [0.717, 1.165) is 23.1 Å². The van der Waals surface area contributed by atoms with Gasteiger partial charge in [0.05, 0.1) is 0 Å². The van der Waals surface area contributed by atoms with Crippen molar-refractivity contribution in [3.63, 3.8) is 0 Å². The van der Waals surface area contributed by atoms with Crippen LogP contribution < -0.4 is 5.32 Å². The van der Waals surface area contributed by atoms with Gasteiger partial charge in [0.15, 0.2) is 5.78 Å². The summed E-state index contributed by atoms with van der Waals surface area (Å²) >= 11 is 0. The number of carbonyl (C=O) groups is 1. The normalized spacial score (nSPS) is 12.1. The van der Waals surface area contributed by atoms with Crippen molar-refractivity contribution in [1.82, 2.24) is 0 Å². The molecule has 0 fully saturated rings. The molecule has 0 saturated heterocycles. The van der Waals surface area contributed by atoms with Crippen LogP contribution >= 0.6 is 0 Å². The zero-order valence-corrected chi connectivity index (χ0v) is 15.0. The highest BCUT2D eigenvalue weighted by Gasteiger charge is 2.07. The summed E-state index contributed by atoms with van der Waals surface area (Å²) < 4.78 is 0. The van der Waals surface area contributed by atoms with Gasteiger partial charge in [0.1, 0.15) is 0 Å². The van der Waals surface area contributed by atoms with Crippen LogP contribution in [0.2, 0.25) is 0 Å². The quantitative estimate of drug-likeness (QED) is 0.535. The summed E-state index contributed by atoms with van der Waals surface area (Å²) in [6.45, 7) is 5.09. The van der Waals surface area contributed by atoms with Crippen molar-refractivity contribution in [3.8, 4) is 0 Å². The average molecular weight is 331 g/mol. The van der Waals surface area contributed by atoms with Crippen molar-refractivity contribution in [2.75, 3.05) is 11.9 Å². The fraction of sp³-hybridized carbons (Fsp3) is 0.261. The van der Waals surface area contributed by atoms with Crippen molar-refractivity contribution in [2.24, 2.45) is 0 Å². The van der Waals surface area contributed by atoms with Gasteiger partial charge in [-0.3, -0.25) is 4.79 Å². The molecule has 3 aromatic carbocycles. The lowest BCUT2D eigenvalue weighted by Crippen LogP contribution is -2.09. The molecule has 0 radical (unpaired) electrons. The molecular weight excluding hydrogens is 306 g/mol. The molecule has 0 bridgehead atoms. The van der Waals surface area contributed by atoms with E-state index in [-0.39, 0.29) is 5.78 Å². The van der Waals surface area contributed by atoms with Gasteiger partial charge >= 0.3 is 0 Å². The zero-order chi connectivity index (χ0) is 17.6. The minimum atomic E-state index is 0.175. The molecule has 0 aliphatic heterocycles. The number of carbonyl (C=O) groups excluding carboxylic acids is 1. The molecule has 25 heavy (non-hydrogen) atoms. The summed E-state index contributed by atoms with van der Waals surface area (Å²) in [7, 11) is 0. The number of anilines is 1. The van der Waals surface area contributed by atoms with Crippen LogP contribution in [0.25, 0.3) is 10.8 Å². The van der Waals surface area contributed by atoms with Gasteiger partial charge in [-0.1, -0.05) is 62.4 Å². The smallest absolute Gasteiger partial charge is 0.164 e. The van der Waals surface area contributed by atoms with Gasteiger partial charge in [0.25, 0.3) is 0 Å². The van der Waals surface area contributed by atoms with Gasteiger partial charge in [-0.25, -0.2) is 0 Å². The summed E-state index contributed by atoms with van der Waals surface area (Å²) in [6.07, 6.45) is 1.64. The summed E-state index contributed by atoms with van der Waals surface area (Å²) in [5.41, 5.74) is 3.21. The zero-order valence-electron chi connectivity index (χ0n) is 15.0. The summed E-state index contributed by atoms with van der Waals surface area (Å²) in [5, 5.41) is 5.62. The lowest BCUT2D eigenvalue weighted by atomic mass is 9.98. The second-order valence-electron chi connectivity index (χ2n) is 6.59. The van der Waals surface area contributed by atoms with Gasteiger partial charge in [0, 0.05) is 24.2 Å². The minimum absolute atomic E-state index is 0.175.